The Bertz CT molecular complexity index is 768. The summed E-state index contributed by atoms with van der Waals surface area (Å²) in [6.45, 7) is 4.03. The molecule has 0 spiro atoms. The molecule has 0 heterocycles. The van der Waals surface area contributed by atoms with Crippen LogP contribution in [-0.4, -0.2) is 18.2 Å². The SMILES string of the molecule is COC(=O)C(C)(C)[P+](c1ccccc1)(c1ccccc1)c1ccccc1.[I-]. The van der Waals surface area contributed by atoms with Crippen molar-refractivity contribution in [3.05, 3.63) is 91.0 Å². The van der Waals surface area contributed by atoms with Crippen molar-refractivity contribution in [3.63, 3.8) is 0 Å². The van der Waals surface area contributed by atoms with Gasteiger partial charge in [-0.3, -0.25) is 0 Å². The van der Waals surface area contributed by atoms with Crippen LogP contribution in [0.4, 0.5) is 0 Å². The normalized spacial score (nSPS) is 11.4. The number of carbonyl (C=O) groups excluding carboxylic acids is 1. The van der Waals surface area contributed by atoms with E-state index in [1.54, 1.807) is 0 Å². The predicted octanol–water partition coefficient (Wildman–Crippen LogP) is 0.936. The van der Waals surface area contributed by atoms with Crippen LogP contribution in [-0.2, 0) is 9.53 Å². The minimum absolute atomic E-state index is 0. The van der Waals surface area contributed by atoms with E-state index in [0.717, 1.165) is 0 Å². The fraction of sp³-hybridized carbons (Fsp3) is 0.174. The molecule has 0 aromatic heterocycles. The van der Waals surface area contributed by atoms with E-state index in [1.807, 2.05) is 68.4 Å². The predicted molar refractivity (Wildman–Crippen MR) is 111 cm³/mol. The highest BCUT2D eigenvalue weighted by Crippen LogP contribution is 2.65. The van der Waals surface area contributed by atoms with Crippen molar-refractivity contribution in [3.8, 4) is 0 Å². The van der Waals surface area contributed by atoms with Gasteiger partial charge in [0.2, 0.25) is 0 Å². The summed E-state index contributed by atoms with van der Waals surface area (Å²) >= 11 is 0. The van der Waals surface area contributed by atoms with Crippen LogP contribution in [0, 0.1) is 0 Å². The van der Waals surface area contributed by atoms with E-state index >= 15 is 0 Å². The first-order valence-corrected chi connectivity index (χ1v) is 10.5. The molecule has 0 fully saturated rings. The van der Waals surface area contributed by atoms with Gasteiger partial charge in [-0.1, -0.05) is 54.6 Å². The average molecular weight is 490 g/mol. The average Bonchev–Trinajstić information content (AvgIpc) is 2.70. The van der Waals surface area contributed by atoms with Crippen molar-refractivity contribution in [1.29, 1.82) is 0 Å². The summed E-state index contributed by atoms with van der Waals surface area (Å²) in [4.78, 5) is 13.0. The summed E-state index contributed by atoms with van der Waals surface area (Å²) in [5, 5.41) is 2.81. The van der Waals surface area contributed by atoms with Crippen LogP contribution in [0.5, 0.6) is 0 Å². The van der Waals surface area contributed by atoms with Crippen molar-refractivity contribution >= 4 is 29.1 Å². The molecule has 140 valence electrons. The lowest BCUT2D eigenvalue weighted by Crippen LogP contribution is -3.00. The van der Waals surface area contributed by atoms with Crippen LogP contribution < -0.4 is 39.9 Å². The number of rotatable bonds is 5. The molecule has 4 heteroatoms. The number of methoxy groups -OCH3 is 1. The van der Waals surface area contributed by atoms with Gasteiger partial charge in [0, 0.05) is 0 Å². The lowest BCUT2D eigenvalue weighted by Gasteiger charge is -2.38. The third-order valence-electron chi connectivity index (χ3n) is 4.95. The Kier molecular flexibility index (Phi) is 7.19. The van der Waals surface area contributed by atoms with Gasteiger partial charge in [-0.15, -0.1) is 0 Å². The van der Waals surface area contributed by atoms with E-state index < -0.39 is 12.4 Å². The molecule has 0 N–H and O–H groups in total. The molecular weight excluding hydrogens is 466 g/mol. The molecule has 0 atom stereocenters. The molecule has 0 bridgehead atoms. The van der Waals surface area contributed by atoms with Crippen molar-refractivity contribution in [2.24, 2.45) is 0 Å². The van der Waals surface area contributed by atoms with E-state index in [4.69, 9.17) is 4.74 Å². The van der Waals surface area contributed by atoms with Crippen LogP contribution in [0.2, 0.25) is 0 Å². The summed E-state index contributed by atoms with van der Waals surface area (Å²) in [6.07, 6.45) is 0. The molecule has 0 aliphatic heterocycles. The van der Waals surface area contributed by atoms with Crippen LogP contribution in [0.15, 0.2) is 91.0 Å². The van der Waals surface area contributed by atoms with E-state index in [2.05, 4.69) is 36.4 Å². The van der Waals surface area contributed by atoms with Gasteiger partial charge in [0.05, 0.1) is 7.11 Å². The second kappa shape index (κ2) is 8.99. The van der Waals surface area contributed by atoms with E-state index in [1.165, 1.54) is 23.0 Å². The minimum atomic E-state index is -2.30. The van der Waals surface area contributed by atoms with Crippen LogP contribution in [0.1, 0.15) is 13.8 Å². The molecule has 0 radical (unpaired) electrons. The number of ether oxygens (including phenoxy) is 1. The Labute approximate surface area is 179 Å². The number of carbonyl (C=O) groups is 1. The summed E-state index contributed by atoms with van der Waals surface area (Å²) in [7, 11) is -0.831. The van der Waals surface area contributed by atoms with Gasteiger partial charge >= 0.3 is 5.97 Å². The Morgan fingerprint density at radius 1 is 0.704 bits per heavy atom. The van der Waals surface area contributed by atoms with Gasteiger partial charge in [0.15, 0.2) is 5.16 Å². The maximum absolute atomic E-state index is 13.0. The molecule has 0 unspecified atom stereocenters. The second-order valence-corrected chi connectivity index (χ2v) is 10.7. The Hall–Kier alpha value is -1.71. The third kappa shape index (κ3) is 3.68. The van der Waals surface area contributed by atoms with E-state index in [9.17, 15) is 4.79 Å². The van der Waals surface area contributed by atoms with Crippen molar-refractivity contribution in [2.75, 3.05) is 7.11 Å². The molecule has 0 saturated heterocycles. The topological polar surface area (TPSA) is 26.3 Å². The number of hydrogen-bond acceptors (Lipinski definition) is 2. The molecular formula is C23H24IO2P. The zero-order chi connectivity index (χ0) is 18.6. The van der Waals surface area contributed by atoms with Gasteiger partial charge in [0.1, 0.15) is 23.2 Å². The highest BCUT2D eigenvalue weighted by molar-refractivity contribution is 7.97. The number of esters is 1. The Morgan fingerprint density at radius 2 is 1.00 bits per heavy atom. The number of hydrogen-bond donors (Lipinski definition) is 0. The highest BCUT2D eigenvalue weighted by atomic mass is 127. The highest BCUT2D eigenvalue weighted by Gasteiger charge is 2.62. The van der Waals surface area contributed by atoms with Crippen molar-refractivity contribution < 1.29 is 33.5 Å². The molecule has 2 nitrogen and oxygen atoms in total. The molecule has 27 heavy (non-hydrogen) atoms. The van der Waals surface area contributed by atoms with Gasteiger partial charge in [0.25, 0.3) is 0 Å². The van der Waals surface area contributed by atoms with Crippen molar-refractivity contribution in [1.82, 2.24) is 0 Å². The standard InChI is InChI=1S/C23H24O2P.HI/c1-23(2,22(24)25-3)26(19-13-7-4-8-14-19,20-15-9-5-10-16-20)21-17-11-6-12-18-21;/h4-18H,1-3H3;1H/q+1;/p-1. The Morgan fingerprint density at radius 3 is 1.26 bits per heavy atom. The molecule has 0 amide bonds. The molecule has 0 saturated carbocycles. The molecule has 3 aromatic carbocycles. The van der Waals surface area contributed by atoms with Gasteiger partial charge in [-0.25, -0.2) is 4.79 Å². The Balaban J connectivity index is 0.00000261. The van der Waals surface area contributed by atoms with Gasteiger partial charge < -0.3 is 28.7 Å². The summed E-state index contributed by atoms with van der Waals surface area (Å²) in [5.41, 5.74) is 0. The summed E-state index contributed by atoms with van der Waals surface area (Å²) < 4.78 is 5.27. The quantitative estimate of drug-likeness (QED) is 0.303. The van der Waals surface area contributed by atoms with Crippen LogP contribution in [0.3, 0.4) is 0 Å². The zero-order valence-corrected chi connectivity index (χ0v) is 18.9. The fourth-order valence-corrected chi connectivity index (χ4v) is 8.81. The summed E-state index contributed by atoms with van der Waals surface area (Å²) in [5.74, 6) is -0.192. The number of benzene rings is 3. The molecule has 0 aliphatic carbocycles. The second-order valence-electron chi connectivity index (χ2n) is 6.73. The first kappa shape index (κ1) is 21.6. The zero-order valence-electron chi connectivity index (χ0n) is 15.8. The maximum atomic E-state index is 13.0. The monoisotopic (exact) mass is 490 g/mol. The molecule has 3 aromatic rings. The smallest absolute Gasteiger partial charge is 0.350 e. The van der Waals surface area contributed by atoms with Crippen LogP contribution >= 0.6 is 7.26 Å². The first-order valence-electron chi connectivity index (χ1n) is 8.69. The maximum Gasteiger partial charge on any atom is 0.350 e. The molecule has 0 aliphatic rings. The lowest BCUT2D eigenvalue weighted by atomic mass is 10.2. The minimum Gasteiger partial charge on any atom is -1.00 e. The fourth-order valence-electron chi connectivity index (χ4n) is 3.76. The van der Waals surface area contributed by atoms with Crippen molar-refractivity contribution in [2.45, 2.75) is 19.0 Å². The first-order chi connectivity index (χ1) is 12.5. The van der Waals surface area contributed by atoms with Crippen LogP contribution in [0.25, 0.3) is 0 Å². The lowest BCUT2D eigenvalue weighted by molar-refractivity contribution is -0.142. The van der Waals surface area contributed by atoms with E-state index in [0.29, 0.717) is 0 Å². The molecule has 3 rings (SSSR count). The number of halogens is 1. The van der Waals surface area contributed by atoms with Gasteiger partial charge in [-0.2, -0.15) is 0 Å². The van der Waals surface area contributed by atoms with Gasteiger partial charge in [-0.05, 0) is 50.2 Å². The third-order valence-corrected chi connectivity index (χ3v) is 10.0. The van der Waals surface area contributed by atoms with E-state index in [-0.39, 0.29) is 29.9 Å². The largest absolute Gasteiger partial charge is 1.00 e. The summed E-state index contributed by atoms with van der Waals surface area (Å²) in [6, 6.07) is 31.1.